The normalized spacial score (nSPS) is 21.0. The number of aryl methyl sites for hydroxylation is 1. The Kier molecular flexibility index (Phi) is 6.42. The first-order valence-corrected chi connectivity index (χ1v) is 9.74. The summed E-state index contributed by atoms with van der Waals surface area (Å²) in [7, 11) is 0. The highest BCUT2D eigenvalue weighted by Gasteiger charge is 2.27. The summed E-state index contributed by atoms with van der Waals surface area (Å²) in [6.45, 7) is 10.4. The van der Waals surface area contributed by atoms with E-state index >= 15 is 0 Å². The van der Waals surface area contributed by atoms with Crippen LogP contribution in [0.3, 0.4) is 0 Å². The van der Waals surface area contributed by atoms with Crippen LogP contribution in [0, 0.1) is 0 Å². The molecule has 1 aromatic heterocycles. The van der Waals surface area contributed by atoms with Gasteiger partial charge in [-0.25, -0.2) is 0 Å². The SMILES string of the molecule is CCCCc1noc(C(C)N2CCN(CC(=O)N3CCCC3)CC2)n1. The lowest BCUT2D eigenvalue weighted by atomic mass is 10.2. The molecule has 1 unspecified atom stereocenters. The van der Waals surface area contributed by atoms with Gasteiger partial charge in [0.15, 0.2) is 5.82 Å². The quantitative estimate of drug-likeness (QED) is 0.747. The van der Waals surface area contributed by atoms with Gasteiger partial charge in [-0.05, 0) is 26.2 Å². The van der Waals surface area contributed by atoms with E-state index in [2.05, 4.69) is 33.8 Å². The highest BCUT2D eigenvalue weighted by atomic mass is 16.5. The third-order valence-electron chi connectivity index (χ3n) is 5.37. The Morgan fingerprint density at radius 2 is 1.88 bits per heavy atom. The van der Waals surface area contributed by atoms with Crippen LogP contribution < -0.4 is 0 Å². The minimum Gasteiger partial charge on any atom is -0.342 e. The fourth-order valence-electron chi connectivity index (χ4n) is 3.60. The van der Waals surface area contributed by atoms with E-state index in [0.29, 0.717) is 12.4 Å². The maximum atomic E-state index is 12.3. The molecule has 3 heterocycles. The number of nitrogens with zero attached hydrogens (tertiary/aromatic N) is 5. The van der Waals surface area contributed by atoms with Crippen LogP contribution in [0.15, 0.2) is 4.52 Å². The molecule has 0 radical (unpaired) electrons. The summed E-state index contributed by atoms with van der Waals surface area (Å²) in [6, 6.07) is 0.138. The number of carbonyl (C=O) groups excluding carboxylic acids is 1. The number of aromatic nitrogens is 2. The Morgan fingerprint density at radius 1 is 1.16 bits per heavy atom. The number of carbonyl (C=O) groups is 1. The molecule has 0 aliphatic carbocycles. The Hall–Kier alpha value is -1.47. The van der Waals surface area contributed by atoms with Crippen LogP contribution in [0.4, 0.5) is 0 Å². The van der Waals surface area contributed by atoms with Crippen molar-refractivity contribution in [2.45, 2.75) is 52.0 Å². The number of rotatable bonds is 7. The summed E-state index contributed by atoms with van der Waals surface area (Å²) >= 11 is 0. The van der Waals surface area contributed by atoms with Crippen LogP contribution in [0.25, 0.3) is 0 Å². The van der Waals surface area contributed by atoms with Gasteiger partial charge in [-0.3, -0.25) is 14.6 Å². The molecule has 2 aliphatic rings. The Bertz CT molecular complexity index is 547. The molecule has 7 nitrogen and oxygen atoms in total. The van der Waals surface area contributed by atoms with Crippen LogP contribution in [0.5, 0.6) is 0 Å². The highest BCUT2D eigenvalue weighted by molar-refractivity contribution is 5.78. The first-order valence-electron chi connectivity index (χ1n) is 9.74. The van der Waals surface area contributed by atoms with Gasteiger partial charge in [0.1, 0.15) is 0 Å². The predicted octanol–water partition coefficient (Wildman–Crippen LogP) is 1.71. The predicted molar refractivity (Wildman–Crippen MR) is 95.2 cm³/mol. The van der Waals surface area contributed by atoms with Crippen molar-refractivity contribution >= 4 is 5.91 Å². The van der Waals surface area contributed by atoms with Gasteiger partial charge in [0, 0.05) is 45.7 Å². The van der Waals surface area contributed by atoms with Gasteiger partial charge < -0.3 is 9.42 Å². The molecule has 0 spiro atoms. The van der Waals surface area contributed by atoms with Crippen molar-refractivity contribution in [1.29, 1.82) is 0 Å². The molecule has 1 aromatic rings. The lowest BCUT2D eigenvalue weighted by Crippen LogP contribution is -2.50. The largest absolute Gasteiger partial charge is 0.342 e. The van der Waals surface area contributed by atoms with E-state index in [9.17, 15) is 4.79 Å². The summed E-state index contributed by atoms with van der Waals surface area (Å²) in [6.07, 6.45) is 5.43. The maximum Gasteiger partial charge on any atom is 0.243 e. The lowest BCUT2D eigenvalue weighted by molar-refractivity contribution is -0.131. The fourth-order valence-corrected chi connectivity index (χ4v) is 3.60. The van der Waals surface area contributed by atoms with Gasteiger partial charge in [-0.1, -0.05) is 18.5 Å². The van der Waals surface area contributed by atoms with E-state index in [-0.39, 0.29) is 11.9 Å². The van der Waals surface area contributed by atoms with Crippen LogP contribution >= 0.6 is 0 Å². The zero-order valence-corrected chi connectivity index (χ0v) is 15.6. The van der Waals surface area contributed by atoms with Gasteiger partial charge in [0.2, 0.25) is 11.8 Å². The van der Waals surface area contributed by atoms with Crippen molar-refractivity contribution in [3.05, 3.63) is 11.7 Å². The summed E-state index contributed by atoms with van der Waals surface area (Å²) < 4.78 is 5.46. The Morgan fingerprint density at radius 3 is 2.56 bits per heavy atom. The molecule has 25 heavy (non-hydrogen) atoms. The Labute approximate surface area is 150 Å². The summed E-state index contributed by atoms with van der Waals surface area (Å²) in [5, 5.41) is 4.09. The molecule has 2 saturated heterocycles. The minimum absolute atomic E-state index is 0.138. The van der Waals surface area contributed by atoms with Gasteiger partial charge in [-0.15, -0.1) is 0 Å². The summed E-state index contributed by atoms with van der Waals surface area (Å²) in [5.41, 5.74) is 0. The van der Waals surface area contributed by atoms with Crippen molar-refractivity contribution in [1.82, 2.24) is 24.8 Å². The number of amides is 1. The third-order valence-corrected chi connectivity index (χ3v) is 5.37. The van der Waals surface area contributed by atoms with Crippen molar-refractivity contribution in [2.75, 3.05) is 45.8 Å². The number of hydrogen-bond acceptors (Lipinski definition) is 6. The number of likely N-dealkylation sites (tertiary alicyclic amines) is 1. The van der Waals surface area contributed by atoms with Crippen LogP contribution in [0.1, 0.15) is 57.3 Å². The van der Waals surface area contributed by atoms with Gasteiger partial charge in [0.05, 0.1) is 12.6 Å². The van der Waals surface area contributed by atoms with E-state index in [1.807, 2.05) is 4.90 Å². The standard InChI is InChI=1S/C18H31N5O2/c1-3-4-7-16-19-18(25-20-16)15(2)22-12-10-21(11-13-22)14-17(24)23-8-5-6-9-23/h15H,3-14H2,1-2H3. The topological polar surface area (TPSA) is 65.7 Å². The van der Waals surface area contributed by atoms with E-state index in [4.69, 9.17) is 4.52 Å². The molecule has 2 aliphatic heterocycles. The molecule has 140 valence electrons. The van der Waals surface area contributed by atoms with Crippen LogP contribution in [-0.4, -0.2) is 76.6 Å². The summed E-state index contributed by atoms with van der Waals surface area (Å²) in [4.78, 5) is 23.5. The Balaban J connectivity index is 1.44. The van der Waals surface area contributed by atoms with Crippen molar-refractivity contribution in [2.24, 2.45) is 0 Å². The first kappa shape index (κ1) is 18.3. The molecule has 0 bridgehead atoms. The van der Waals surface area contributed by atoms with Gasteiger partial charge >= 0.3 is 0 Å². The first-order chi connectivity index (χ1) is 12.2. The van der Waals surface area contributed by atoms with Crippen molar-refractivity contribution in [3.8, 4) is 0 Å². The van der Waals surface area contributed by atoms with Gasteiger partial charge in [-0.2, -0.15) is 4.98 Å². The maximum absolute atomic E-state index is 12.3. The van der Waals surface area contributed by atoms with Crippen LogP contribution in [-0.2, 0) is 11.2 Å². The van der Waals surface area contributed by atoms with E-state index in [1.165, 1.54) is 0 Å². The number of piperazine rings is 1. The summed E-state index contributed by atoms with van der Waals surface area (Å²) in [5.74, 6) is 1.82. The molecule has 7 heteroatoms. The number of hydrogen-bond donors (Lipinski definition) is 0. The van der Waals surface area contributed by atoms with Crippen molar-refractivity contribution in [3.63, 3.8) is 0 Å². The van der Waals surface area contributed by atoms with Gasteiger partial charge in [0.25, 0.3) is 0 Å². The molecular formula is C18H31N5O2. The van der Waals surface area contributed by atoms with Crippen molar-refractivity contribution < 1.29 is 9.32 Å². The molecule has 1 amide bonds. The lowest BCUT2D eigenvalue weighted by Gasteiger charge is -2.36. The number of unbranched alkanes of at least 4 members (excludes halogenated alkanes) is 1. The molecule has 0 N–H and O–H groups in total. The second-order valence-electron chi connectivity index (χ2n) is 7.23. The highest BCUT2D eigenvalue weighted by Crippen LogP contribution is 2.20. The molecule has 3 rings (SSSR count). The molecular weight excluding hydrogens is 318 g/mol. The average molecular weight is 349 g/mol. The zero-order chi connectivity index (χ0) is 17.6. The van der Waals surface area contributed by atoms with E-state index in [0.717, 1.165) is 77.2 Å². The average Bonchev–Trinajstić information content (AvgIpc) is 3.32. The zero-order valence-electron chi connectivity index (χ0n) is 15.6. The molecule has 0 saturated carbocycles. The molecule has 0 aromatic carbocycles. The smallest absolute Gasteiger partial charge is 0.243 e. The van der Waals surface area contributed by atoms with Crippen LogP contribution in [0.2, 0.25) is 0 Å². The molecule has 1 atom stereocenters. The van der Waals surface area contributed by atoms with E-state index < -0.39 is 0 Å². The van der Waals surface area contributed by atoms with E-state index in [1.54, 1.807) is 0 Å². The second-order valence-corrected chi connectivity index (χ2v) is 7.23. The third kappa shape index (κ3) is 4.79. The monoisotopic (exact) mass is 349 g/mol. The second kappa shape index (κ2) is 8.76. The minimum atomic E-state index is 0.138. The molecule has 2 fully saturated rings. The fraction of sp³-hybridized carbons (Fsp3) is 0.833.